The summed E-state index contributed by atoms with van der Waals surface area (Å²) < 4.78 is 6.06. The summed E-state index contributed by atoms with van der Waals surface area (Å²) in [5, 5.41) is 2.80. The van der Waals surface area contributed by atoms with Gasteiger partial charge in [0, 0.05) is 38.0 Å². The molecule has 0 saturated carbocycles. The fourth-order valence-electron chi connectivity index (χ4n) is 3.76. The standard InChI is InChI=1S/C22H37N3O2.C3H6/c1-17-12-21(27-11-7-6-10-24(4)5)8-9-22(18(17)2)19(3)25-14-20(15-25)13-23-16-26;1-3-2/h8-9,16,19-20H,6-7,10-15H2,1-5H3,(H,23,26);3H,1H2,2H3. The summed E-state index contributed by atoms with van der Waals surface area (Å²) in [4.78, 5) is 15.1. The molecule has 5 heteroatoms. The van der Waals surface area contributed by atoms with Gasteiger partial charge in [-0.1, -0.05) is 17.7 Å². The molecule has 0 radical (unpaired) electrons. The van der Waals surface area contributed by atoms with E-state index in [-0.39, 0.29) is 0 Å². The zero-order chi connectivity index (χ0) is 22.5. The lowest BCUT2D eigenvalue weighted by atomic mass is 9.90. The number of allylic oxidation sites excluding steroid dienone is 4. The Hall–Kier alpha value is -1.85. The SMILES string of the molecule is C=CC.CC1=C(C)C(C(C)N2CC(CNC=O)C2)=CC=C(OCCCCN(C)C)C1. The molecule has 0 aromatic heterocycles. The molecular weight excluding hydrogens is 374 g/mol. The van der Waals surface area contributed by atoms with Crippen LogP contribution in [-0.4, -0.2) is 69.1 Å². The van der Waals surface area contributed by atoms with E-state index in [2.05, 4.69) is 68.7 Å². The summed E-state index contributed by atoms with van der Waals surface area (Å²) >= 11 is 0. The van der Waals surface area contributed by atoms with E-state index in [1.807, 2.05) is 6.92 Å². The summed E-state index contributed by atoms with van der Waals surface area (Å²) in [5.74, 6) is 1.65. The maximum absolute atomic E-state index is 10.4. The van der Waals surface area contributed by atoms with Gasteiger partial charge in [0.15, 0.2) is 0 Å². The minimum absolute atomic E-state index is 0.392. The van der Waals surface area contributed by atoms with Crippen molar-refractivity contribution < 1.29 is 9.53 Å². The van der Waals surface area contributed by atoms with Crippen molar-refractivity contribution in [1.82, 2.24) is 15.1 Å². The minimum atomic E-state index is 0.392. The van der Waals surface area contributed by atoms with Gasteiger partial charge in [-0.2, -0.15) is 0 Å². The Morgan fingerprint density at radius 1 is 1.30 bits per heavy atom. The third-order valence-corrected chi connectivity index (χ3v) is 5.72. The Morgan fingerprint density at radius 2 is 1.97 bits per heavy atom. The smallest absolute Gasteiger partial charge is 0.207 e. The zero-order valence-corrected chi connectivity index (χ0v) is 20.0. The molecule has 30 heavy (non-hydrogen) atoms. The molecule has 0 aromatic rings. The molecule has 1 N–H and O–H groups in total. The summed E-state index contributed by atoms with van der Waals surface area (Å²) in [5.41, 5.74) is 4.17. The number of carbonyl (C=O) groups excluding carboxylic acids is 1. The minimum Gasteiger partial charge on any atom is -0.498 e. The topological polar surface area (TPSA) is 44.8 Å². The van der Waals surface area contributed by atoms with Gasteiger partial charge >= 0.3 is 0 Å². The van der Waals surface area contributed by atoms with Gasteiger partial charge in [0.25, 0.3) is 0 Å². The van der Waals surface area contributed by atoms with Crippen molar-refractivity contribution in [2.24, 2.45) is 5.92 Å². The van der Waals surface area contributed by atoms with Gasteiger partial charge in [0.2, 0.25) is 6.41 Å². The molecule has 2 aliphatic rings. The van der Waals surface area contributed by atoms with Crippen LogP contribution in [-0.2, 0) is 9.53 Å². The lowest BCUT2D eigenvalue weighted by Crippen LogP contribution is -2.54. The Bertz CT molecular complexity index is 628. The van der Waals surface area contributed by atoms with Crippen LogP contribution in [0.1, 0.15) is 47.0 Å². The van der Waals surface area contributed by atoms with Crippen molar-refractivity contribution in [2.45, 2.75) is 53.0 Å². The Kier molecular flexibility index (Phi) is 12.4. The van der Waals surface area contributed by atoms with Gasteiger partial charge in [-0.25, -0.2) is 0 Å². The molecule has 1 aliphatic heterocycles. The number of likely N-dealkylation sites (tertiary alicyclic amines) is 1. The number of hydrogen-bond acceptors (Lipinski definition) is 4. The summed E-state index contributed by atoms with van der Waals surface area (Å²) in [6.45, 7) is 16.8. The van der Waals surface area contributed by atoms with Gasteiger partial charge in [0.1, 0.15) is 0 Å². The van der Waals surface area contributed by atoms with Gasteiger partial charge in [0.05, 0.1) is 12.4 Å². The van der Waals surface area contributed by atoms with Gasteiger partial charge in [-0.3, -0.25) is 9.69 Å². The molecular formula is C25H43N3O2. The van der Waals surface area contributed by atoms with Crippen molar-refractivity contribution in [2.75, 3.05) is 46.9 Å². The summed E-state index contributed by atoms with van der Waals surface area (Å²) in [6.07, 6.45) is 10.1. The third kappa shape index (κ3) is 8.88. The van der Waals surface area contributed by atoms with Crippen molar-refractivity contribution in [1.29, 1.82) is 0 Å². The van der Waals surface area contributed by atoms with Gasteiger partial charge in [-0.05, 0) is 78.4 Å². The second-order valence-corrected chi connectivity index (χ2v) is 8.63. The predicted molar refractivity (Wildman–Crippen MR) is 127 cm³/mol. The first-order valence-electron chi connectivity index (χ1n) is 11.2. The number of rotatable bonds is 11. The molecule has 1 heterocycles. The molecule has 5 nitrogen and oxygen atoms in total. The van der Waals surface area contributed by atoms with E-state index in [0.717, 1.165) is 57.8 Å². The first-order valence-corrected chi connectivity index (χ1v) is 11.2. The average Bonchev–Trinajstić information content (AvgIpc) is 2.79. The largest absolute Gasteiger partial charge is 0.498 e. The molecule has 170 valence electrons. The second-order valence-electron chi connectivity index (χ2n) is 8.63. The van der Waals surface area contributed by atoms with Crippen LogP contribution in [0.2, 0.25) is 0 Å². The van der Waals surface area contributed by atoms with Crippen LogP contribution in [0.15, 0.2) is 47.3 Å². The maximum atomic E-state index is 10.4. The van der Waals surface area contributed by atoms with E-state index in [1.54, 1.807) is 6.08 Å². The van der Waals surface area contributed by atoms with Crippen LogP contribution in [0, 0.1) is 5.92 Å². The first kappa shape index (κ1) is 26.2. The molecule has 1 atom stereocenters. The highest BCUT2D eigenvalue weighted by molar-refractivity contribution is 5.46. The zero-order valence-electron chi connectivity index (χ0n) is 20.0. The van der Waals surface area contributed by atoms with E-state index < -0.39 is 0 Å². The number of ether oxygens (including phenoxy) is 1. The van der Waals surface area contributed by atoms with E-state index in [9.17, 15) is 4.79 Å². The number of carbonyl (C=O) groups is 1. The lowest BCUT2D eigenvalue weighted by Gasteiger charge is -2.44. The van der Waals surface area contributed by atoms with Crippen molar-refractivity contribution in [3.63, 3.8) is 0 Å². The monoisotopic (exact) mass is 417 g/mol. The molecule has 0 aromatic carbocycles. The van der Waals surface area contributed by atoms with E-state index in [4.69, 9.17) is 4.74 Å². The van der Waals surface area contributed by atoms with E-state index >= 15 is 0 Å². The normalized spacial score (nSPS) is 18.4. The number of unbranched alkanes of at least 4 members (excludes halogenated alkanes) is 1. The van der Waals surface area contributed by atoms with Crippen molar-refractivity contribution >= 4 is 6.41 Å². The summed E-state index contributed by atoms with van der Waals surface area (Å²) in [6, 6.07) is 0.392. The lowest BCUT2D eigenvalue weighted by molar-refractivity contribution is -0.110. The van der Waals surface area contributed by atoms with Crippen LogP contribution < -0.4 is 5.32 Å². The molecule has 1 unspecified atom stereocenters. The van der Waals surface area contributed by atoms with E-state index in [0.29, 0.717) is 12.0 Å². The highest BCUT2D eigenvalue weighted by atomic mass is 16.5. The number of hydrogen-bond donors (Lipinski definition) is 1. The molecule has 0 spiro atoms. The maximum Gasteiger partial charge on any atom is 0.207 e. The Balaban J connectivity index is 0.00000141. The fourth-order valence-corrected chi connectivity index (χ4v) is 3.76. The molecule has 2 rings (SSSR count). The van der Waals surface area contributed by atoms with Crippen LogP contribution in [0.5, 0.6) is 0 Å². The number of nitrogens with one attached hydrogen (secondary N) is 1. The van der Waals surface area contributed by atoms with Gasteiger partial charge < -0.3 is 15.0 Å². The Morgan fingerprint density at radius 3 is 2.57 bits per heavy atom. The van der Waals surface area contributed by atoms with E-state index in [1.165, 1.54) is 23.1 Å². The molecule has 1 amide bonds. The van der Waals surface area contributed by atoms with Crippen molar-refractivity contribution in [3.8, 4) is 0 Å². The van der Waals surface area contributed by atoms with Crippen LogP contribution in [0.4, 0.5) is 0 Å². The predicted octanol–water partition coefficient (Wildman–Crippen LogP) is 4.15. The molecule has 1 saturated heterocycles. The summed E-state index contributed by atoms with van der Waals surface area (Å²) in [7, 11) is 4.22. The highest BCUT2D eigenvalue weighted by Crippen LogP contribution is 2.31. The van der Waals surface area contributed by atoms with Crippen molar-refractivity contribution in [3.05, 3.63) is 47.3 Å². The third-order valence-electron chi connectivity index (χ3n) is 5.72. The number of nitrogens with zero attached hydrogens (tertiary/aromatic N) is 2. The molecule has 0 bridgehead atoms. The van der Waals surface area contributed by atoms with Crippen LogP contribution in [0.3, 0.4) is 0 Å². The molecule has 1 fully saturated rings. The average molecular weight is 418 g/mol. The first-order chi connectivity index (χ1) is 14.3. The highest BCUT2D eigenvalue weighted by Gasteiger charge is 2.32. The quantitative estimate of drug-likeness (QED) is 0.312. The van der Waals surface area contributed by atoms with Crippen LogP contribution >= 0.6 is 0 Å². The fraction of sp³-hybridized carbons (Fsp3) is 0.640. The Labute approximate surface area is 184 Å². The number of amides is 1. The molecule has 1 aliphatic carbocycles. The van der Waals surface area contributed by atoms with Gasteiger partial charge in [-0.15, -0.1) is 6.58 Å². The second kappa shape index (κ2) is 14.2. The van der Waals surface area contributed by atoms with Crippen LogP contribution in [0.25, 0.3) is 0 Å².